The molecule has 1 aliphatic rings. The van der Waals surface area contributed by atoms with Gasteiger partial charge in [-0.1, -0.05) is 11.6 Å². The van der Waals surface area contributed by atoms with Crippen LogP contribution in [0.15, 0.2) is 12.1 Å². The Labute approximate surface area is 110 Å². The Morgan fingerprint density at radius 3 is 3.12 bits per heavy atom. The van der Waals surface area contributed by atoms with E-state index in [0.29, 0.717) is 13.2 Å². The van der Waals surface area contributed by atoms with Crippen molar-refractivity contribution in [2.45, 2.75) is 19.0 Å². The van der Waals surface area contributed by atoms with Crippen LogP contribution in [-0.4, -0.2) is 37.2 Å². The Kier molecular flexibility index (Phi) is 4.25. The standard InChI is InChI=1S/C11H15ClN2O2S/c1-14(6-9-2-3-10(12)17-9)11(15)13-8-4-5-16-7-8/h2-3,8H,4-7H2,1H3,(H,13,15). The number of nitrogens with zero attached hydrogens (tertiary/aromatic N) is 1. The van der Waals surface area contributed by atoms with Gasteiger partial charge < -0.3 is 15.0 Å². The van der Waals surface area contributed by atoms with Crippen molar-refractivity contribution in [1.29, 1.82) is 0 Å². The Balaban J connectivity index is 1.82. The lowest BCUT2D eigenvalue weighted by atomic mass is 10.3. The minimum Gasteiger partial charge on any atom is -0.379 e. The summed E-state index contributed by atoms with van der Waals surface area (Å²) in [4.78, 5) is 14.6. The van der Waals surface area contributed by atoms with Crippen molar-refractivity contribution >= 4 is 29.0 Å². The predicted molar refractivity (Wildman–Crippen MR) is 68.6 cm³/mol. The molecule has 0 bridgehead atoms. The summed E-state index contributed by atoms with van der Waals surface area (Å²) in [7, 11) is 1.78. The minimum atomic E-state index is -0.0648. The summed E-state index contributed by atoms with van der Waals surface area (Å²) < 4.78 is 5.96. The first-order chi connectivity index (χ1) is 8.15. The number of amides is 2. The van der Waals surface area contributed by atoms with Gasteiger partial charge >= 0.3 is 6.03 Å². The molecule has 6 heteroatoms. The van der Waals surface area contributed by atoms with Crippen molar-refractivity contribution in [3.05, 3.63) is 21.3 Å². The summed E-state index contributed by atoms with van der Waals surface area (Å²) in [6.45, 7) is 1.93. The Morgan fingerprint density at radius 1 is 1.71 bits per heavy atom. The van der Waals surface area contributed by atoms with Gasteiger partial charge in [0.1, 0.15) is 0 Å². The molecule has 1 N–H and O–H groups in total. The molecule has 1 unspecified atom stereocenters. The molecule has 1 aliphatic heterocycles. The number of hydrogen-bond donors (Lipinski definition) is 1. The van der Waals surface area contributed by atoms with E-state index in [1.165, 1.54) is 11.3 Å². The van der Waals surface area contributed by atoms with Crippen molar-refractivity contribution < 1.29 is 9.53 Å². The zero-order chi connectivity index (χ0) is 12.3. The lowest BCUT2D eigenvalue weighted by Gasteiger charge is -2.19. The van der Waals surface area contributed by atoms with E-state index in [-0.39, 0.29) is 12.1 Å². The second kappa shape index (κ2) is 5.71. The van der Waals surface area contributed by atoms with E-state index in [4.69, 9.17) is 16.3 Å². The van der Waals surface area contributed by atoms with Crippen LogP contribution >= 0.6 is 22.9 Å². The molecule has 0 spiro atoms. The molecular formula is C11H15ClN2O2S. The fraction of sp³-hybridized carbons (Fsp3) is 0.545. The largest absolute Gasteiger partial charge is 0.379 e. The van der Waals surface area contributed by atoms with Gasteiger partial charge in [0.2, 0.25) is 0 Å². The molecule has 94 valence electrons. The van der Waals surface area contributed by atoms with Crippen LogP contribution in [0.2, 0.25) is 4.34 Å². The maximum absolute atomic E-state index is 11.8. The maximum Gasteiger partial charge on any atom is 0.317 e. The SMILES string of the molecule is CN(Cc1ccc(Cl)s1)C(=O)NC1CCOC1. The molecule has 1 saturated heterocycles. The molecule has 0 radical (unpaired) electrons. The molecule has 2 amide bonds. The molecule has 4 nitrogen and oxygen atoms in total. The van der Waals surface area contributed by atoms with Gasteiger partial charge in [0.15, 0.2) is 0 Å². The smallest absolute Gasteiger partial charge is 0.317 e. The lowest BCUT2D eigenvalue weighted by Crippen LogP contribution is -2.42. The van der Waals surface area contributed by atoms with E-state index >= 15 is 0 Å². The first-order valence-corrected chi connectivity index (χ1v) is 6.68. The first-order valence-electron chi connectivity index (χ1n) is 5.49. The normalized spacial score (nSPS) is 19.3. The fourth-order valence-corrected chi connectivity index (χ4v) is 2.82. The van der Waals surface area contributed by atoms with Gasteiger partial charge in [-0.2, -0.15) is 0 Å². The number of ether oxygens (including phenoxy) is 1. The number of hydrogen-bond acceptors (Lipinski definition) is 3. The second-order valence-corrected chi connectivity index (χ2v) is 5.87. The Hall–Kier alpha value is -0.780. The highest BCUT2D eigenvalue weighted by molar-refractivity contribution is 7.16. The zero-order valence-corrected chi connectivity index (χ0v) is 11.2. The van der Waals surface area contributed by atoms with Crippen LogP contribution in [0.4, 0.5) is 4.79 Å². The van der Waals surface area contributed by atoms with E-state index in [0.717, 1.165) is 22.2 Å². The number of thiophene rings is 1. The molecule has 1 aromatic heterocycles. The highest BCUT2D eigenvalue weighted by Crippen LogP contribution is 2.22. The summed E-state index contributed by atoms with van der Waals surface area (Å²) in [6, 6.07) is 3.87. The van der Waals surface area contributed by atoms with Crippen LogP contribution in [0.5, 0.6) is 0 Å². The first kappa shape index (κ1) is 12.7. The topological polar surface area (TPSA) is 41.6 Å². The molecule has 17 heavy (non-hydrogen) atoms. The number of nitrogens with one attached hydrogen (secondary N) is 1. The van der Waals surface area contributed by atoms with E-state index in [2.05, 4.69) is 5.32 Å². The monoisotopic (exact) mass is 274 g/mol. The van der Waals surface area contributed by atoms with Gasteiger partial charge in [0, 0.05) is 18.5 Å². The van der Waals surface area contributed by atoms with Crippen molar-refractivity contribution in [3.8, 4) is 0 Å². The second-order valence-electron chi connectivity index (χ2n) is 4.07. The zero-order valence-electron chi connectivity index (χ0n) is 9.61. The fourth-order valence-electron chi connectivity index (χ4n) is 1.68. The summed E-state index contributed by atoms with van der Waals surface area (Å²) in [5.41, 5.74) is 0. The van der Waals surface area contributed by atoms with Gasteiger partial charge in [0.05, 0.1) is 23.5 Å². The highest BCUT2D eigenvalue weighted by Gasteiger charge is 2.19. The third kappa shape index (κ3) is 3.59. The third-order valence-electron chi connectivity index (χ3n) is 2.63. The average molecular weight is 275 g/mol. The maximum atomic E-state index is 11.8. The summed E-state index contributed by atoms with van der Waals surface area (Å²) >= 11 is 7.34. The number of urea groups is 1. The number of rotatable bonds is 3. The molecule has 1 aromatic rings. The number of carbonyl (C=O) groups is 1. The van der Waals surface area contributed by atoms with Crippen LogP contribution in [0.1, 0.15) is 11.3 Å². The predicted octanol–water partition coefficient (Wildman–Crippen LogP) is 2.33. The molecule has 0 aromatic carbocycles. The molecule has 0 saturated carbocycles. The molecule has 1 fully saturated rings. The van der Waals surface area contributed by atoms with Gasteiger partial charge in [0.25, 0.3) is 0 Å². The van der Waals surface area contributed by atoms with Gasteiger partial charge in [-0.15, -0.1) is 11.3 Å². The minimum absolute atomic E-state index is 0.0648. The van der Waals surface area contributed by atoms with E-state index in [1.54, 1.807) is 11.9 Å². The Bertz CT molecular complexity index is 391. The summed E-state index contributed by atoms with van der Waals surface area (Å²) in [5, 5.41) is 2.94. The van der Waals surface area contributed by atoms with Crippen LogP contribution < -0.4 is 5.32 Å². The molecule has 2 rings (SSSR count). The van der Waals surface area contributed by atoms with Crippen LogP contribution in [0, 0.1) is 0 Å². The van der Waals surface area contributed by atoms with Gasteiger partial charge in [-0.3, -0.25) is 0 Å². The van der Waals surface area contributed by atoms with Crippen molar-refractivity contribution in [2.24, 2.45) is 0 Å². The van der Waals surface area contributed by atoms with Crippen LogP contribution in [0.25, 0.3) is 0 Å². The lowest BCUT2D eigenvalue weighted by molar-refractivity contribution is 0.181. The molecule has 1 atom stereocenters. The van der Waals surface area contributed by atoms with E-state index in [9.17, 15) is 4.79 Å². The quantitative estimate of drug-likeness (QED) is 0.919. The summed E-state index contributed by atoms with van der Waals surface area (Å²) in [6.07, 6.45) is 0.893. The van der Waals surface area contributed by atoms with E-state index < -0.39 is 0 Å². The number of carbonyl (C=O) groups excluding carboxylic acids is 1. The number of halogens is 1. The van der Waals surface area contributed by atoms with Crippen molar-refractivity contribution in [3.63, 3.8) is 0 Å². The van der Waals surface area contributed by atoms with Crippen molar-refractivity contribution in [1.82, 2.24) is 10.2 Å². The third-order valence-corrected chi connectivity index (χ3v) is 3.84. The van der Waals surface area contributed by atoms with Crippen molar-refractivity contribution in [2.75, 3.05) is 20.3 Å². The van der Waals surface area contributed by atoms with E-state index in [1.807, 2.05) is 12.1 Å². The Morgan fingerprint density at radius 2 is 2.53 bits per heavy atom. The molecular weight excluding hydrogens is 260 g/mol. The molecule has 0 aliphatic carbocycles. The van der Waals surface area contributed by atoms with Crippen LogP contribution in [-0.2, 0) is 11.3 Å². The average Bonchev–Trinajstić information content (AvgIpc) is 2.90. The van der Waals surface area contributed by atoms with Gasteiger partial charge in [-0.25, -0.2) is 4.79 Å². The summed E-state index contributed by atoms with van der Waals surface area (Å²) in [5.74, 6) is 0. The molecule has 2 heterocycles. The van der Waals surface area contributed by atoms with Gasteiger partial charge in [-0.05, 0) is 18.6 Å². The van der Waals surface area contributed by atoms with Crippen LogP contribution in [0.3, 0.4) is 0 Å². The highest BCUT2D eigenvalue weighted by atomic mass is 35.5.